The number of hydrogen-bond donors (Lipinski definition) is 2. The molecule has 1 aromatic carbocycles. The molecule has 1 unspecified atom stereocenters. The van der Waals surface area contributed by atoms with Crippen molar-refractivity contribution >= 4 is 23.3 Å². The van der Waals surface area contributed by atoms with E-state index in [1.165, 1.54) is 0 Å². The van der Waals surface area contributed by atoms with Crippen LogP contribution in [0.1, 0.15) is 34.6 Å². The number of piperidine rings is 1. The van der Waals surface area contributed by atoms with Gasteiger partial charge in [-0.05, 0) is 75.2 Å². The molecule has 0 aliphatic carbocycles. The highest BCUT2D eigenvalue weighted by Crippen LogP contribution is 2.23. The predicted molar refractivity (Wildman–Crippen MR) is 122 cm³/mol. The van der Waals surface area contributed by atoms with Crippen molar-refractivity contribution in [1.82, 2.24) is 9.55 Å². The highest BCUT2D eigenvalue weighted by Gasteiger charge is 2.24. The van der Waals surface area contributed by atoms with E-state index in [0.717, 1.165) is 42.3 Å². The molecule has 1 aliphatic heterocycles. The minimum Gasteiger partial charge on any atom is -0.369 e. The van der Waals surface area contributed by atoms with Gasteiger partial charge >= 0.3 is 0 Å². The summed E-state index contributed by atoms with van der Waals surface area (Å²) in [5, 5.41) is 2.89. The fraction of sp³-hybridized carbons (Fsp3) is 0.292. The number of hydrogen-bond acceptors (Lipinski definition) is 4. The number of aromatic nitrogens is 2. The van der Waals surface area contributed by atoms with Gasteiger partial charge in [-0.25, -0.2) is 4.98 Å². The van der Waals surface area contributed by atoms with E-state index in [-0.39, 0.29) is 17.7 Å². The third kappa shape index (κ3) is 4.45. The Hall–Kier alpha value is -3.61. The smallest absolute Gasteiger partial charge is 0.255 e. The van der Waals surface area contributed by atoms with E-state index in [2.05, 4.69) is 45.7 Å². The molecule has 2 aromatic heterocycles. The third-order valence-electron chi connectivity index (χ3n) is 5.81. The molecule has 2 amide bonds. The number of carbonyl (C=O) groups excluding carboxylic acids is 2. The van der Waals surface area contributed by atoms with Crippen molar-refractivity contribution < 1.29 is 9.59 Å². The number of benzene rings is 1. The van der Waals surface area contributed by atoms with E-state index in [0.29, 0.717) is 17.8 Å². The van der Waals surface area contributed by atoms with Gasteiger partial charge in [0.25, 0.3) is 5.91 Å². The summed E-state index contributed by atoms with van der Waals surface area (Å²) >= 11 is 0. The van der Waals surface area contributed by atoms with E-state index in [1.54, 1.807) is 6.20 Å². The summed E-state index contributed by atoms with van der Waals surface area (Å²) in [7, 11) is 0. The fourth-order valence-corrected chi connectivity index (χ4v) is 4.11. The zero-order valence-electron chi connectivity index (χ0n) is 17.8. The Labute approximate surface area is 181 Å². The molecule has 31 heavy (non-hydrogen) atoms. The molecule has 3 heterocycles. The van der Waals surface area contributed by atoms with Gasteiger partial charge in [-0.3, -0.25) is 9.59 Å². The van der Waals surface area contributed by atoms with Crippen molar-refractivity contribution in [3.8, 4) is 5.69 Å². The van der Waals surface area contributed by atoms with Crippen LogP contribution < -0.4 is 16.0 Å². The largest absolute Gasteiger partial charge is 0.369 e. The number of amides is 2. The molecule has 1 atom stereocenters. The number of aryl methyl sites for hydroxylation is 2. The maximum absolute atomic E-state index is 12.6. The molecule has 0 spiro atoms. The minimum absolute atomic E-state index is 0.142. The standard InChI is InChI=1S/C24H27N5O2/c1-16-5-6-17(2)29(16)21-10-7-18(8-11-21)24(31)27-20-9-12-22(26-14-20)28-13-3-4-19(15-28)23(25)30/h5-12,14,19H,3-4,13,15H2,1-2H3,(H2,25,30)(H,27,31). The average Bonchev–Trinajstić information content (AvgIpc) is 3.12. The molecule has 0 bridgehead atoms. The summed E-state index contributed by atoms with van der Waals surface area (Å²) in [4.78, 5) is 30.7. The second kappa shape index (κ2) is 8.63. The highest BCUT2D eigenvalue weighted by atomic mass is 16.2. The van der Waals surface area contributed by atoms with Gasteiger partial charge in [-0.2, -0.15) is 0 Å². The predicted octanol–water partition coefficient (Wildman–Crippen LogP) is 3.44. The van der Waals surface area contributed by atoms with Crippen LogP contribution in [0.3, 0.4) is 0 Å². The number of primary amides is 1. The summed E-state index contributed by atoms with van der Waals surface area (Å²) in [6, 6.07) is 15.4. The molecule has 0 saturated carbocycles. The first-order valence-corrected chi connectivity index (χ1v) is 10.5. The molecule has 4 rings (SSSR count). The van der Waals surface area contributed by atoms with Crippen LogP contribution in [0.4, 0.5) is 11.5 Å². The van der Waals surface area contributed by atoms with Crippen LogP contribution in [0.2, 0.25) is 0 Å². The first-order chi connectivity index (χ1) is 14.9. The van der Waals surface area contributed by atoms with E-state index in [1.807, 2.05) is 36.4 Å². The second-order valence-electron chi connectivity index (χ2n) is 8.05. The molecule has 160 valence electrons. The number of nitrogens with two attached hydrogens (primary N) is 1. The Kier molecular flexibility index (Phi) is 5.75. The van der Waals surface area contributed by atoms with E-state index in [9.17, 15) is 9.59 Å². The number of nitrogens with one attached hydrogen (secondary N) is 1. The van der Waals surface area contributed by atoms with Crippen LogP contribution in [-0.4, -0.2) is 34.5 Å². The lowest BCUT2D eigenvalue weighted by atomic mass is 9.97. The molecule has 7 nitrogen and oxygen atoms in total. The molecular formula is C24H27N5O2. The summed E-state index contributed by atoms with van der Waals surface area (Å²) in [6.45, 7) is 5.54. The number of rotatable bonds is 5. The molecule has 0 radical (unpaired) electrons. The summed E-state index contributed by atoms with van der Waals surface area (Å²) in [5.74, 6) is 0.193. The maximum Gasteiger partial charge on any atom is 0.255 e. The lowest BCUT2D eigenvalue weighted by molar-refractivity contribution is -0.122. The highest BCUT2D eigenvalue weighted by molar-refractivity contribution is 6.04. The second-order valence-corrected chi connectivity index (χ2v) is 8.05. The van der Waals surface area contributed by atoms with Crippen molar-refractivity contribution in [2.24, 2.45) is 11.7 Å². The van der Waals surface area contributed by atoms with Gasteiger partial charge in [0.15, 0.2) is 0 Å². The Balaban J connectivity index is 1.41. The lowest BCUT2D eigenvalue weighted by Gasteiger charge is -2.32. The molecule has 7 heteroatoms. The topological polar surface area (TPSA) is 93.3 Å². The van der Waals surface area contributed by atoms with Gasteiger partial charge in [0.1, 0.15) is 5.82 Å². The fourth-order valence-electron chi connectivity index (χ4n) is 4.11. The summed E-state index contributed by atoms with van der Waals surface area (Å²) in [5.41, 5.74) is 9.99. The van der Waals surface area contributed by atoms with Crippen molar-refractivity contribution in [2.45, 2.75) is 26.7 Å². The first kappa shape index (κ1) is 20.7. The SMILES string of the molecule is Cc1ccc(C)n1-c1ccc(C(=O)Nc2ccc(N3CCCC(C(N)=O)C3)nc2)cc1. The zero-order valence-corrected chi connectivity index (χ0v) is 17.8. The Morgan fingerprint density at radius 3 is 2.35 bits per heavy atom. The monoisotopic (exact) mass is 417 g/mol. The minimum atomic E-state index is -0.262. The van der Waals surface area contributed by atoms with Crippen LogP contribution in [-0.2, 0) is 4.79 Å². The number of nitrogens with zero attached hydrogens (tertiary/aromatic N) is 3. The zero-order chi connectivity index (χ0) is 22.0. The van der Waals surface area contributed by atoms with Crippen molar-refractivity contribution in [2.75, 3.05) is 23.3 Å². The van der Waals surface area contributed by atoms with E-state index >= 15 is 0 Å². The van der Waals surface area contributed by atoms with Crippen LogP contribution in [0.25, 0.3) is 5.69 Å². The van der Waals surface area contributed by atoms with E-state index in [4.69, 9.17) is 5.73 Å². The van der Waals surface area contributed by atoms with Gasteiger partial charge in [-0.1, -0.05) is 0 Å². The number of anilines is 2. The van der Waals surface area contributed by atoms with Crippen LogP contribution in [0.15, 0.2) is 54.7 Å². The van der Waals surface area contributed by atoms with Gasteiger partial charge in [0, 0.05) is 35.7 Å². The lowest BCUT2D eigenvalue weighted by Crippen LogP contribution is -2.41. The maximum atomic E-state index is 12.6. The Bertz CT molecular complexity index is 1070. The van der Waals surface area contributed by atoms with Gasteiger partial charge in [0.2, 0.25) is 5.91 Å². The van der Waals surface area contributed by atoms with E-state index < -0.39 is 0 Å². The van der Waals surface area contributed by atoms with Gasteiger partial charge in [-0.15, -0.1) is 0 Å². The van der Waals surface area contributed by atoms with Crippen molar-refractivity contribution in [3.63, 3.8) is 0 Å². The molecule has 1 fully saturated rings. The average molecular weight is 418 g/mol. The van der Waals surface area contributed by atoms with Crippen molar-refractivity contribution in [1.29, 1.82) is 0 Å². The van der Waals surface area contributed by atoms with Crippen LogP contribution in [0, 0.1) is 19.8 Å². The van der Waals surface area contributed by atoms with Crippen molar-refractivity contribution in [3.05, 3.63) is 71.7 Å². The van der Waals surface area contributed by atoms with Gasteiger partial charge in [0.05, 0.1) is 17.8 Å². The molecule has 1 saturated heterocycles. The molecule has 1 aliphatic rings. The molecule has 3 aromatic rings. The first-order valence-electron chi connectivity index (χ1n) is 10.5. The van der Waals surface area contributed by atoms with Crippen LogP contribution in [0.5, 0.6) is 0 Å². The Morgan fingerprint density at radius 1 is 1.03 bits per heavy atom. The normalized spacial score (nSPS) is 16.2. The van der Waals surface area contributed by atoms with Crippen LogP contribution >= 0.6 is 0 Å². The molecular weight excluding hydrogens is 390 g/mol. The number of carbonyl (C=O) groups is 2. The molecule has 3 N–H and O–H groups in total. The Morgan fingerprint density at radius 2 is 1.74 bits per heavy atom. The van der Waals surface area contributed by atoms with Gasteiger partial charge < -0.3 is 20.5 Å². The summed E-state index contributed by atoms with van der Waals surface area (Å²) in [6.07, 6.45) is 3.37. The summed E-state index contributed by atoms with van der Waals surface area (Å²) < 4.78 is 2.15. The third-order valence-corrected chi connectivity index (χ3v) is 5.81. The quantitative estimate of drug-likeness (QED) is 0.665. The number of pyridine rings is 1.